The monoisotopic (exact) mass is 245 g/mol. The van der Waals surface area contributed by atoms with Crippen molar-refractivity contribution < 1.29 is 0 Å². The Balaban J connectivity index is 1.87. The van der Waals surface area contributed by atoms with E-state index < -0.39 is 0 Å². The molecule has 0 atom stereocenters. The molecule has 0 fully saturated rings. The molecule has 1 heterocycles. The van der Waals surface area contributed by atoms with Crippen LogP contribution in [0.3, 0.4) is 0 Å². The lowest BCUT2D eigenvalue weighted by Crippen LogP contribution is -1.93. The van der Waals surface area contributed by atoms with Crippen molar-refractivity contribution in [1.29, 1.82) is 0 Å². The van der Waals surface area contributed by atoms with Crippen LogP contribution < -0.4 is 0 Å². The summed E-state index contributed by atoms with van der Waals surface area (Å²) in [5.41, 5.74) is 3.60. The lowest BCUT2D eigenvalue weighted by Gasteiger charge is -2.00. The maximum atomic E-state index is 3.23. The molecular weight excluding hydrogens is 230 g/mol. The molecule has 0 amide bonds. The van der Waals surface area contributed by atoms with Gasteiger partial charge in [-0.3, -0.25) is 0 Å². The number of rotatable bonds is 1. The van der Waals surface area contributed by atoms with E-state index in [4.69, 9.17) is 0 Å². The van der Waals surface area contributed by atoms with Crippen molar-refractivity contribution in [3.63, 3.8) is 0 Å². The fourth-order valence-corrected chi connectivity index (χ4v) is 2.18. The minimum atomic E-state index is 0.724. The van der Waals surface area contributed by atoms with Gasteiger partial charge in [-0.05, 0) is 42.1 Å². The van der Waals surface area contributed by atoms with Gasteiger partial charge in [0.05, 0.1) is 6.54 Å². The molecule has 3 aromatic rings. The first kappa shape index (κ1) is 11.6. The van der Waals surface area contributed by atoms with Crippen LogP contribution in [0.5, 0.6) is 0 Å². The highest BCUT2D eigenvalue weighted by molar-refractivity contribution is 5.80. The van der Waals surface area contributed by atoms with Crippen LogP contribution >= 0.6 is 0 Å². The van der Waals surface area contributed by atoms with E-state index in [1.54, 1.807) is 0 Å². The summed E-state index contributed by atoms with van der Waals surface area (Å²) in [5.74, 6) is 6.42. The Morgan fingerprint density at radius 3 is 2.68 bits per heavy atom. The molecule has 1 heteroatoms. The molecule has 0 aliphatic heterocycles. The van der Waals surface area contributed by atoms with Gasteiger partial charge >= 0.3 is 0 Å². The van der Waals surface area contributed by atoms with Crippen LogP contribution in [0, 0.1) is 18.8 Å². The predicted molar refractivity (Wildman–Crippen MR) is 80.0 cm³/mol. The Morgan fingerprint density at radius 2 is 1.84 bits per heavy atom. The van der Waals surface area contributed by atoms with Crippen molar-refractivity contribution in [3.05, 3.63) is 71.9 Å². The quantitative estimate of drug-likeness (QED) is 0.571. The molecule has 3 rings (SSSR count). The molecule has 0 saturated carbocycles. The number of nitrogens with zero attached hydrogens (tertiary/aromatic N) is 1. The van der Waals surface area contributed by atoms with Gasteiger partial charge in [0.25, 0.3) is 0 Å². The summed E-state index contributed by atoms with van der Waals surface area (Å²) in [6.07, 6.45) is 2.10. The molecule has 0 unspecified atom stereocenters. The summed E-state index contributed by atoms with van der Waals surface area (Å²) in [4.78, 5) is 0. The summed E-state index contributed by atoms with van der Waals surface area (Å²) in [5, 5.41) is 1.27. The fourth-order valence-electron chi connectivity index (χ4n) is 2.18. The molecule has 0 saturated heterocycles. The normalized spacial score (nSPS) is 10.2. The van der Waals surface area contributed by atoms with Gasteiger partial charge in [-0.2, -0.15) is 0 Å². The molecule has 1 aromatic heterocycles. The van der Waals surface area contributed by atoms with E-state index in [1.807, 2.05) is 30.3 Å². The zero-order valence-corrected chi connectivity index (χ0v) is 10.9. The van der Waals surface area contributed by atoms with E-state index in [0.717, 1.165) is 12.1 Å². The first-order chi connectivity index (χ1) is 9.33. The van der Waals surface area contributed by atoms with Crippen LogP contribution in [-0.2, 0) is 6.54 Å². The third-order valence-corrected chi connectivity index (χ3v) is 3.19. The maximum absolute atomic E-state index is 3.23. The standard InChI is InChI=1S/C18H15N/c1-15-9-10-17-11-13-19(18(17)14-15)12-5-8-16-6-3-2-4-7-16/h2-4,6-7,9-11,13-14H,12H2,1H3. The van der Waals surface area contributed by atoms with Crippen LogP contribution in [-0.4, -0.2) is 4.57 Å². The number of benzene rings is 2. The molecule has 92 valence electrons. The minimum absolute atomic E-state index is 0.724. The second-order valence-corrected chi connectivity index (χ2v) is 4.67. The summed E-state index contributed by atoms with van der Waals surface area (Å²) in [6, 6.07) is 18.7. The number of hydrogen-bond acceptors (Lipinski definition) is 0. The average molecular weight is 245 g/mol. The summed E-state index contributed by atoms with van der Waals surface area (Å²) in [7, 11) is 0. The third kappa shape index (κ3) is 2.53. The largest absolute Gasteiger partial charge is 0.336 e. The molecule has 0 bridgehead atoms. The SMILES string of the molecule is Cc1ccc2ccn(CC#Cc3ccccc3)c2c1. The summed E-state index contributed by atoms with van der Waals surface area (Å²) in [6.45, 7) is 2.84. The smallest absolute Gasteiger partial charge is 0.0841 e. The first-order valence-electron chi connectivity index (χ1n) is 6.42. The highest BCUT2D eigenvalue weighted by atomic mass is 14.9. The van der Waals surface area contributed by atoms with Crippen molar-refractivity contribution >= 4 is 10.9 Å². The van der Waals surface area contributed by atoms with E-state index >= 15 is 0 Å². The van der Waals surface area contributed by atoms with Crippen LogP contribution in [0.2, 0.25) is 0 Å². The summed E-state index contributed by atoms with van der Waals surface area (Å²) < 4.78 is 2.19. The van der Waals surface area contributed by atoms with Crippen LogP contribution in [0.25, 0.3) is 10.9 Å². The van der Waals surface area contributed by atoms with Gasteiger partial charge in [-0.25, -0.2) is 0 Å². The van der Waals surface area contributed by atoms with E-state index in [-0.39, 0.29) is 0 Å². The van der Waals surface area contributed by atoms with E-state index in [9.17, 15) is 0 Å². The Kier molecular flexibility index (Phi) is 3.08. The minimum Gasteiger partial charge on any atom is -0.336 e. The van der Waals surface area contributed by atoms with Crippen molar-refractivity contribution in [1.82, 2.24) is 4.57 Å². The third-order valence-electron chi connectivity index (χ3n) is 3.19. The van der Waals surface area contributed by atoms with E-state index in [2.05, 4.69) is 53.8 Å². The van der Waals surface area contributed by atoms with Crippen molar-refractivity contribution in [2.75, 3.05) is 0 Å². The molecular formula is C18H15N. The van der Waals surface area contributed by atoms with E-state index in [1.165, 1.54) is 16.5 Å². The molecule has 1 nitrogen and oxygen atoms in total. The highest BCUT2D eigenvalue weighted by Crippen LogP contribution is 2.17. The fraction of sp³-hybridized carbons (Fsp3) is 0.111. The molecule has 19 heavy (non-hydrogen) atoms. The van der Waals surface area contributed by atoms with Gasteiger partial charge in [-0.15, -0.1) is 0 Å². The first-order valence-corrected chi connectivity index (χ1v) is 6.42. The lowest BCUT2D eigenvalue weighted by molar-refractivity contribution is 0.885. The second kappa shape index (κ2) is 5.04. The molecule has 0 radical (unpaired) electrons. The van der Waals surface area contributed by atoms with Gasteiger partial charge in [-0.1, -0.05) is 42.2 Å². The zero-order valence-electron chi connectivity index (χ0n) is 10.9. The van der Waals surface area contributed by atoms with Gasteiger partial charge in [0.2, 0.25) is 0 Å². The lowest BCUT2D eigenvalue weighted by atomic mass is 10.2. The van der Waals surface area contributed by atoms with Crippen molar-refractivity contribution in [2.24, 2.45) is 0 Å². The molecule has 0 N–H and O–H groups in total. The van der Waals surface area contributed by atoms with Crippen LogP contribution in [0.15, 0.2) is 60.8 Å². The Bertz CT molecular complexity index is 754. The Morgan fingerprint density at radius 1 is 1.00 bits per heavy atom. The topological polar surface area (TPSA) is 4.93 Å². The van der Waals surface area contributed by atoms with Crippen molar-refractivity contribution in [3.8, 4) is 11.8 Å². The zero-order chi connectivity index (χ0) is 13.1. The Labute approximate surface area is 113 Å². The van der Waals surface area contributed by atoms with Crippen molar-refractivity contribution in [2.45, 2.75) is 13.5 Å². The van der Waals surface area contributed by atoms with Crippen LogP contribution in [0.1, 0.15) is 11.1 Å². The average Bonchev–Trinajstić information content (AvgIpc) is 2.83. The second-order valence-electron chi connectivity index (χ2n) is 4.67. The highest BCUT2D eigenvalue weighted by Gasteiger charge is 1.99. The molecule has 0 spiro atoms. The summed E-state index contributed by atoms with van der Waals surface area (Å²) >= 11 is 0. The van der Waals surface area contributed by atoms with E-state index in [0.29, 0.717) is 0 Å². The number of aryl methyl sites for hydroxylation is 1. The van der Waals surface area contributed by atoms with Gasteiger partial charge in [0.15, 0.2) is 0 Å². The van der Waals surface area contributed by atoms with Crippen LogP contribution in [0.4, 0.5) is 0 Å². The Hall–Kier alpha value is -2.46. The maximum Gasteiger partial charge on any atom is 0.0841 e. The molecule has 2 aromatic carbocycles. The number of fused-ring (bicyclic) bond motifs is 1. The molecule has 0 aliphatic rings. The molecule has 0 aliphatic carbocycles. The van der Waals surface area contributed by atoms with Gasteiger partial charge < -0.3 is 4.57 Å². The van der Waals surface area contributed by atoms with Gasteiger partial charge in [0, 0.05) is 17.3 Å². The number of aromatic nitrogens is 1. The van der Waals surface area contributed by atoms with Gasteiger partial charge in [0.1, 0.15) is 0 Å². The predicted octanol–water partition coefficient (Wildman–Crippen LogP) is 4.00. The number of hydrogen-bond donors (Lipinski definition) is 0.